The summed E-state index contributed by atoms with van der Waals surface area (Å²) < 4.78 is 29.8. The van der Waals surface area contributed by atoms with E-state index < -0.39 is 15.9 Å². The Labute approximate surface area is 147 Å². The number of nitrogens with zero attached hydrogens (tertiary/aromatic N) is 3. The molecule has 25 heavy (non-hydrogen) atoms. The molecule has 0 amide bonds. The molecular weight excluding hydrogens is 342 g/mol. The number of sulfone groups is 1. The molecule has 0 bridgehead atoms. The fourth-order valence-corrected chi connectivity index (χ4v) is 3.79. The van der Waals surface area contributed by atoms with Crippen molar-refractivity contribution >= 4 is 9.84 Å². The molecule has 1 aliphatic heterocycles. The molecule has 0 saturated heterocycles. The molecule has 1 aromatic carbocycles. The van der Waals surface area contributed by atoms with Gasteiger partial charge < -0.3 is 9.84 Å². The molecule has 1 N–H and O–H groups in total. The van der Waals surface area contributed by atoms with Crippen LogP contribution in [0.2, 0.25) is 0 Å². The van der Waals surface area contributed by atoms with Crippen LogP contribution in [-0.4, -0.2) is 53.9 Å². The zero-order valence-corrected chi connectivity index (χ0v) is 15.2. The number of rotatable bonds is 6. The molecule has 136 valence electrons. The van der Waals surface area contributed by atoms with Crippen LogP contribution in [0, 0.1) is 0 Å². The van der Waals surface area contributed by atoms with Gasteiger partial charge in [0.05, 0.1) is 30.8 Å². The zero-order chi connectivity index (χ0) is 18.0. The number of hydrogen-bond donors (Lipinski definition) is 1. The summed E-state index contributed by atoms with van der Waals surface area (Å²) >= 11 is 0. The van der Waals surface area contributed by atoms with Crippen LogP contribution in [0.3, 0.4) is 0 Å². The SMILES string of the molecule is COc1cccc(CN2CCn3nc(C(O)CS(C)(=O)=O)cc3C2)c1. The van der Waals surface area contributed by atoms with E-state index in [0.717, 1.165) is 30.8 Å². The van der Waals surface area contributed by atoms with Crippen LogP contribution in [0.5, 0.6) is 5.75 Å². The van der Waals surface area contributed by atoms with Gasteiger partial charge in [-0.3, -0.25) is 9.58 Å². The fraction of sp³-hybridized carbons (Fsp3) is 0.471. The highest BCUT2D eigenvalue weighted by molar-refractivity contribution is 7.90. The van der Waals surface area contributed by atoms with Crippen molar-refractivity contribution in [2.75, 3.05) is 25.7 Å². The number of hydrogen-bond acceptors (Lipinski definition) is 6. The van der Waals surface area contributed by atoms with Crippen LogP contribution >= 0.6 is 0 Å². The van der Waals surface area contributed by atoms with Crippen molar-refractivity contribution in [1.82, 2.24) is 14.7 Å². The number of ether oxygens (including phenoxy) is 1. The van der Waals surface area contributed by atoms with Gasteiger partial charge in [-0.25, -0.2) is 8.42 Å². The van der Waals surface area contributed by atoms with Gasteiger partial charge in [0.1, 0.15) is 21.7 Å². The summed E-state index contributed by atoms with van der Waals surface area (Å²) in [6.07, 6.45) is 0.0298. The van der Waals surface area contributed by atoms with Crippen LogP contribution < -0.4 is 4.74 Å². The summed E-state index contributed by atoms with van der Waals surface area (Å²) in [6, 6.07) is 9.78. The molecule has 3 rings (SSSR count). The Morgan fingerprint density at radius 3 is 2.84 bits per heavy atom. The van der Waals surface area contributed by atoms with E-state index in [1.807, 2.05) is 22.9 Å². The van der Waals surface area contributed by atoms with Gasteiger partial charge in [0.15, 0.2) is 0 Å². The van der Waals surface area contributed by atoms with Crippen molar-refractivity contribution < 1.29 is 18.3 Å². The van der Waals surface area contributed by atoms with E-state index in [4.69, 9.17) is 4.74 Å². The number of aliphatic hydroxyl groups excluding tert-OH is 1. The number of aliphatic hydroxyl groups is 1. The van der Waals surface area contributed by atoms with Crippen LogP contribution in [0.4, 0.5) is 0 Å². The second-order valence-corrected chi connectivity index (χ2v) is 8.64. The smallest absolute Gasteiger partial charge is 0.150 e. The van der Waals surface area contributed by atoms with Gasteiger partial charge in [-0.1, -0.05) is 12.1 Å². The van der Waals surface area contributed by atoms with Gasteiger partial charge in [0.2, 0.25) is 0 Å². The van der Waals surface area contributed by atoms with E-state index in [0.29, 0.717) is 18.8 Å². The van der Waals surface area contributed by atoms with Crippen LogP contribution in [0.25, 0.3) is 0 Å². The lowest BCUT2D eigenvalue weighted by Crippen LogP contribution is -2.33. The quantitative estimate of drug-likeness (QED) is 0.822. The Bertz CT molecular complexity index is 847. The molecule has 0 aliphatic carbocycles. The van der Waals surface area contributed by atoms with E-state index in [9.17, 15) is 13.5 Å². The van der Waals surface area contributed by atoms with Crippen LogP contribution in [0.15, 0.2) is 30.3 Å². The van der Waals surface area contributed by atoms with E-state index >= 15 is 0 Å². The number of methoxy groups -OCH3 is 1. The van der Waals surface area contributed by atoms with Gasteiger partial charge in [0, 0.05) is 25.9 Å². The third-order valence-electron chi connectivity index (χ3n) is 4.24. The lowest BCUT2D eigenvalue weighted by atomic mass is 10.1. The molecule has 1 aromatic heterocycles. The summed E-state index contributed by atoms with van der Waals surface area (Å²) in [5, 5.41) is 14.4. The first-order valence-electron chi connectivity index (χ1n) is 8.12. The Kier molecular flexibility index (Phi) is 5.12. The maximum absolute atomic E-state index is 11.4. The van der Waals surface area contributed by atoms with Gasteiger partial charge in [0.25, 0.3) is 0 Å². The third kappa shape index (κ3) is 4.59. The fourth-order valence-electron chi connectivity index (χ4n) is 3.04. The Balaban J connectivity index is 1.69. The Morgan fingerprint density at radius 2 is 2.12 bits per heavy atom. The van der Waals surface area contributed by atoms with Crippen LogP contribution in [0.1, 0.15) is 23.1 Å². The van der Waals surface area contributed by atoms with Gasteiger partial charge in [-0.15, -0.1) is 0 Å². The molecule has 7 nitrogen and oxygen atoms in total. The lowest BCUT2D eigenvalue weighted by Gasteiger charge is -2.27. The second kappa shape index (κ2) is 7.15. The summed E-state index contributed by atoms with van der Waals surface area (Å²) in [7, 11) is -1.60. The molecule has 0 spiro atoms. The molecular formula is C17H23N3O4S. The summed E-state index contributed by atoms with van der Waals surface area (Å²) in [6.45, 7) is 3.05. The Morgan fingerprint density at radius 1 is 1.32 bits per heavy atom. The minimum atomic E-state index is -3.25. The Hall–Kier alpha value is -1.90. The predicted octanol–water partition coefficient (Wildman–Crippen LogP) is 0.985. The first-order chi connectivity index (χ1) is 11.8. The first-order valence-corrected chi connectivity index (χ1v) is 10.2. The number of benzene rings is 1. The minimum Gasteiger partial charge on any atom is -0.497 e. The molecule has 0 fully saturated rings. The highest BCUT2D eigenvalue weighted by Crippen LogP contribution is 2.21. The van der Waals surface area contributed by atoms with Gasteiger partial charge in [-0.2, -0.15) is 5.10 Å². The standard InChI is InChI=1S/C17H23N3O4S/c1-24-15-5-3-4-13(8-15)10-19-6-7-20-14(11-19)9-16(18-20)17(21)12-25(2,22)23/h3-5,8-9,17,21H,6-7,10-12H2,1-2H3. The number of aromatic nitrogens is 2. The van der Waals surface area contributed by atoms with E-state index in [1.165, 1.54) is 5.56 Å². The van der Waals surface area contributed by atoms with Crippen molar-refractivity contribution in [3.05, 3.63) is 47.3 Å². The maximum Gasteiger partial charge on any atom is 0.150 e. The average Bonchev–Trinajstić information content (AvgIpc) is 2.97. The summed E-state index contributed by atoms with van der Waals surface area (Å²) in [5.74, 6) is 0.530. The van der Waals surface area contributed by atoms with Gasteiger partial charge >= 0.3 is 0 Å². The van der Waals surface area contributed by atoms with Crippen molar-refractivity contribution in [1.29, 1.82) is 0 Å². The molecule has 2 aromatic rings. The van der Waals surface area contributed by atoms with E-state index in [1.54, 1.807) is 13.2 Å². The average molecular weight is 365 g/mol. The van der Waals surface area contributed by atoms with Crippen molar-refractivity contribution in [2.45, 2.75) is 25.7 Å². The van der Waals surface area contributed by atoms with E-state index in [-0.39, 0.29) is 5.75 Å². The summed E-state index contributed by atoms with van der Waals surface area (Å²) in [4.78, 5) is 2.29. The van der Waals surface area contributed by atoms with Crippen molar-refractivity contribution in [2.24, 2.45) is 0 Å². The second-order valence-electron chi connectivity index (χ2n) is 6.45. The number of fused-ring (bicyclic) bond motifs is 1. The molecule has 2 heterocycles. The van der Waals surface area contributed by atoms with Crippen LogP contribution in [-0.2, 0) is 29.5 Å². The largest absolute Gasteiger partial charge is 0.497 e. The maximum atomic E-state index is 11.4. The highest BCUT2D eigenvalue weighted by atomic mass is 32.2. The monoisotopic (exact) mass is 365 g/mol. The third-order valence-corrected chi connectivity index (χ3v) is 5.16. The van der Waals surface area contributed by atoms with Crippen molar-refractivity contribution in [3.8, 4) is 5.75 Å². The van der Waals surface area contributed by atoms with Crippen molar-refractivity contribution in [3.63, 3.8) is 0 Å². The topological polar surface area (TPSA) is 84.7 Å². The lowest BCUT2D eigenvalue weighted by molar-refractivity contribution is 0.191. The first kappa shape index (κ1) is 17.9. The molecule has 1 unspecified atom stereocenters. The highest BCUT2D eigenvalue weighted by Gasteiger charge is 2.23. The predicted molar refractivity (Wildman–Crippen MR) is 94.0 cm³/mol. The molecule has 1 atom stereocenters. The molecule has 8 heteroatoms. The minimum absolute atomic E-state index is 0.309. The molecule has 0 saturated carbocycles. The summed E-state index contributed by atoms with van der Waals surface area (Å²) in [5.41, 5.74) is 2.57. The molecule has 0 radical (unpaired) electrons. The normalized spacial score (nSPS) is 16.4. The zero-order valence-electron chi connectivity index (χ0n) is 14.4. The van der Waals surface area contributed by atoms with Gasteiger partial charge in [-0.05, 0) is 23.8 Å². The molecule has 1 aliphatic rings. The van der Waals surface area contributed by atoms with E-state index in [2.05, 4.69) is 16.1 Å².